The third-order valence-corrected chi connectivity index (χ3v) is 9.34. The van der Waals surface area contributed by atoms with Gasteiger partial charge < -0.3 is 15.1 Å². The molecule has 43 heavy (non-hydrogen) atoms. The second-order valence-electron chi connectivity index (χ2n) is 11.8. The highest BCUT2D eigenvalue weighted by atomic mass is 35.5. The van der Waals surface area contributed by atoms with Crippen LogP contribution < -0.4 is 5.32 Å². The van der Waals surface area contributed by atoms with Crippen LogP contribution in [0.2, 0.25) is 10.0 Å². The van der Waals surface area contributed by atoms with Gasteiger partial charge >= 0.3 is 0 Å². The molecule has 6 rings (SSSR count). The molecule has 0 radical (unpaired) electrons. The van der Waals surface area contributed by atoms with Gasteiger partial charge in [-0.1, -0.05) is 66.0 Å². The lowest BCUT2D eigenvalue weighted by molar-refractivity contribution is 0.110. The number of rotatable bonds is 11. The molecule has 0 aliphatic carbocycles. The second-order valence-corrected chi connectivity index (χ2v) is 12.7. The zero-order valence-corrected chi connectivity index (χ0v) is 26.4. The quantitative estimate of drug-likeness (QED) is 0.180. The SMILES string of the molecule is Clc1ccc(C(c2ccc(Cl)cc2)N2CCN(CCc3nc(NCCCN4CCCCC4)c4ccccc4n3)CC2)cc1. The summed E-state index contributed by atoms with van der Waals surface area (Å²) in [7, 11) is 0. The van der Waals surface area contributed by atoms with Crippen molar-refractivity contribution >= 4 is 39.9 Å². The van der Waals surface area contributed by atoms with E-state index in [2.05, 4.69) is 68.5 Å². The molecule has 2 aliphatic rings. The molecule has 4 aromatic rings. The number of hydrogen-bond acceptors (Lipinski definition) is 6. The first-order valence-corrected chi connectivity index (χ1v) is 16.6. The van der Waals surface area contributed by atoms with Crippen LogP contribution in [-0.4, -0.2) is 83.6 Å². The maximum absolute atomic E-state index is 6.22. The fourth-order valence-electron chi connectivity index (χ4n) is 6.47. The van der Waals surface area contributed by atoms with Gasteiger partial charge in [-0.3, -0.25) is 4.90 Å². The van der Waals surface area contributed by atoms with Gasteiger partial charge in [0.15, 0.2) is 0 Å². The Morgan fingerprint density at radius 2 is 1.30 bits per heavy atom. The van der Waals surface area contributed by atoms with E-state index in [1.165, 1.54) is 43.5 Å². The minimum atomic E-state index is 0.170. The Balaban J connectivity index is 1.06. The lowest BCUT2D eigenvalue weighted by atomic mass is 9.96. The van der Waals surface area contributed by atoms with E-state index in [0.717, 1.165) is 91.2 Å². The molecule has 0 unspecified atom stereocenters. The summed E-state index contributed by atoms with van der Waals surface area (Å²) in [5.74, 6) is 1.89. The van der Waals surface area contributed by atoms with Crippen molar-refractivity contribution in [3.63, 3.8) is 0 Å². The first-order chi connectivity index (χ1) is 21.1. The molecule has 2 saturated heterocycles. The van der Waals surface area contributed by atoms with Crippen LogP contribution in [0, 0.1) is 0 Å². The number of anilines is 1. The van der Waals surface area contributed by atoms with Crippen LogP contribution in [-0.2, 0) is 6.42 Å². The fourth-order valence-corrected chi connectivity index (χ4v) is 6.72. The summed E-state index contributed by atoms with van der Waals surface area (Å²) >= 11 is 12.4. The molecule has 1 aromatic heterocycles. The number of para-hydroxylation sites is 1. The third kappa shape index (κ3) is 8.05. The molecule has 0 atom stereocenters. The first kappa shape index (κ1) is 30.3. The van der Waals surface area contributed by atoms with Crippen molar-refractivity contribution in [2.24, 2.45) is 0 Å². The molecule has 6 nitrogen and oxygen atoms in total. The van der Waals surface area contributed by atoms with Crippen molar-refractivity contribution in [1.29, 1.82) is 0 Å². The number of nitrogens with zero attached hydrogens (tertiary/aromatic N) is 5. The number of piperidine rings is 1. The topological polar surface area (TPSA) is 47.5 Å². The minimum absolute atomic E-state index is 0.170. The number of hydrogen-bond donors (Lipinski definition) is 1. The average molecular weight is 618 g/mol. The smallest absolute Gasteiger partial charge is 0.137 e. The van der Waals surface area contributed by atoms with E-state index in [1.807, 2.05) is 24.3 Å². The summed E-state index contributed by atoms with van der Waals surface area (Å²) in [5, 5.41) is 6.27. The number of halogens is 2. The molecule has 2 aliphatic heterocycles. The molecular weight excluding hydrogens is 575 g/mol. The summed E-state index contributed by atoms with van der Waals surface area (Å²) in [4.78, 5) is 17.7. The fraction of sp³-hybridized carbons (Fsp3) is 0.429. The Hall–Kier alpha value is -2.74. The van der Waals surface area contributed by atoms with Gasteiger partial charge in [-0.2, -0.15) is 0 Å². The Morgan fingerprint density at radius 1 is 0.674 bits per heavy atom. The van der Waals surface area contributed by atoms with Crippen LogP contribution in [0.25, 0.3) is 10.9 Å². The van der Waals surface area contributed by atoms with Gasteiger partial charge in [-0.05, 0) is 86.4 Å². The highest BCUT2D eigenvalue weighted by Gasteiger charge is 2.26. The molecule has 0 saturated carbocycles. The Labute approximate surface area is 266 Å². The molecule has 226 valence electrons. The molecule has 2 fully saturated rings. The molecule has 3 aromatic carbocycles. The average Bonchev–Trinajstić information content (AvgIpc) is 3.05. The van der Waals surface area contributed by atoms with E-state index >= 15 is 0 Å². The van der Waals surface area contributed by atoms with E-state index < -0.39 is 0 Å². The van der Waals surface area contributed by atoms with Gasteiger partial charge in [0, 0.05) is 61.1 Å². The van der Waals surface area contributed by atoms with E-state index in [4.69, 9.17) is 33.2 Å². The number of likely N-dealkylation sites (tertiary alicyclic amines) is 1. The molecular formula is C35H42Cl2N6. The summed E-state index contributed by atoms with van der Waals surface area (Å²) in [5.41, 5.74) is 3.52. The summed E-state index contributed by atoms with van der Waals surface area (Å²) in [6.45, 7) is 9.52. The summed E-state index contributed by atoms with van der Waals surface area (Å²) in [6, 6.07) is 25.0. The second kappa shape index (κ2) is 14.8. The summed E-state index contributed by atoms with van der Waals surface area (Å²) in [6.07, 6.45) is 6.03. The van der Waals surface area contributed by atoms with Crippen LogP contribution in [0.5, 0.6) is 0 Å². The van der Waals surface area contributed by atoms with Crippen molar-refractivity contribution in [1.82, 2.24) is 24.7 Å². The van der Waals surface area contributed by atoms with Gasteiger partial charge in [0.1, 0.15) is 11.6 Å². The normalized spacial score (nSPS) is 17.1. The highest BCUT2D eigenvalue weighted by molar-refractivity contribution is 6.30. The lowest BCUT2D eigenvalue weighted by Gasteiger charge is -2.39. The summed E-state index contributed by atoms with van der Waals surface area (Å²) < 4.78 is 0. The van der Waals surface area contributed by atoms with Crippen LogP contribution in [0.3, 0.4) is 0 Å². The monoisotopic (exact) mass is 616 g/mol. The third-order valence-electron chi connectivity index (χ3n) is 8.84. The van der Waals surface area contributed by atoms with E-state index in [0.29, 0.717) is 0 Å². The van der Waals surface area contributed by atoms with Crippen LogP contribution in [0.1, 0.15) is 48.7 Å². The molecule has 0 bridgehead atoms. The number of fused-ring (bicyclic) bond motifs is 1. The minimum Gasteiger partial charge on any atom is -0.369 e. The Bertz CT molecular complexity index is 1400. The standard InChI is InChI=1S/C35H42Cl2N6/c36-29-13-9-27(10-14-29)34(28-11-15-30(37)16-12-28)43-25-23-42(24-26-43)22-17-33-39-32-8-3-2-7-31(32)35(40-33)38-18-6-21-41-19-4-1-5-20-41/h2-3,7-16,34H,1,4-6,17-26H2,(H,38,39,40). The van der Waals surface area contributed by atoms with Crippen molar-refractivity contribution in [2.75, 3.05) is 64.2 Å². The number of aromatic nitrogens is 2. The predicted octanol–water partition coefficient (Wildman–Crippen LogP) is 7.17. The van der Waals surface area contributed by atoms with Crippen LogP contribution >= 0.6 is 23.2 Å². The molecule has 3 heterocycles. The molecule has 0 spiro atoms. The number of nitrogens with one attached hydrogen (secondary N) is 1. The van der Waals surface area contributed by atoms with Gasteiger partial charge in [0.05, 0.1) is 11.6 Å². The van der Waals surface area contributed by atoms with Crippen molar-refractivity contribution in [2.45, 2.75) is 38.1 Å². The Kier molecular flexibility index (Phi) is 10.4. The number of piperazine rings is 1. The van der Waals surface area contributed by atoms with Crippen molar-refractivity contribution < 1.29 is 0 Å². The van der Waals surface area contributed by atoms with Gasteiger partial charge in [0.2, 0.25) is 0 Å². The van der Waals surface area contributed by atoms with E-state index in [1.54, 1.807) is 0 Å². The van der Waals surface area contributed by atoms with Crippen molar-refractivity contribution in [3.05, 3.63) is 99.8 Å². The predicted molar refractivity (Wildman–Crippen MR) is 179 cm³/mol. The van der Waals surface area contributed by atoms with Crippen molar-refractivity contribution in [3.8, 4) is 0 Å². The largest absolute Gasteiger partial charge is 0.369 e. The zero-order valence-electron chi connectivity index (χ0n) is 24.9. The van der Waals surface area contributed by atoms with Crippen LogP contribution in [0.15, 0.2) is 72.8 Å². The van der Waals surface area contributed by atoms with Gasteiger partial charge in [0.25, 0.3) is 0 Å². The van der Waals surface area contributed by atoms with E-state index in [9.17, 15) is 0 Å². The van der Waals surface area contributed by atoms with Gasteiger partial charge in [-0.15, -0.1) is 0 Å². The number of benzene rings is 3. The van der Waals surface area contributed by atoms with Crippen LogP contribution in [0.4, 0.5) is 5.82 Å². The first-order valence-electron chi connectivity index (χ1n) is 15.8. The Morgan fingerprint density at radius 3 is 1.98 bits per heavy atom. The maximum Gasteiger partial charge on any atom is 0.137 e. The zero-order chi connectivity index (χ0) is 29.4. The van der Waals surface area contributed by atoms with Gasteiger partial charge in [-0.25, -0.2) is 9.97 Å². The molecule has 0 amide bonds. The highest BCUT2D eigenvalue weighted by Crippen LogP contribution is 2.31. The lowest BCUT2D eigenvalue weighted by Crippen LogP contribution is -2.48. The van der Waals surface area contributed by atoms with E-state index in [-0.39, 0.29) is 6.04 Å². The maximum atomic E-state index is 6.22. The molecule has 1 N–H and O–H groups in total. The molecule has 8 heteroatoms.